The maximum atomic E-state index is 10.9. The first-order chi connectivity index (χ1) is 8.00. The summed E-state index contributed by atoms with van der Waals surface area (Å²) in [4.78, 5) is 10.9. The van der Waals surface area contributed by atoms with E-state index in [0.29, 0.717) is 5.56 Å². The molecule has 5 nitrogen and oxygen atoms in total. The standard InChI is InChI=1S/C12H11NO4.BrH/c1-6-8(12(15)16)5-10(17-6)7-3-2-4-9(13)11(7)14;/h2-5,14H,13H2,1H3,(H,15,16);1H. The van der Waals surface area contributed by atoms with Gasteiger partial charge in [-0.3, -0.25) is 0 Å². The van der Waals surface area contributed by atoms with Gasteiger partial charge >= 0.3 is 5.97 Å². The number of aromatic hydroxyl groups is 1. The lowest BCUT2D eigenvalue weighted by molar-refractivity contribution is 0.0695. The molecule has 0 fully saturated rings. The number of carboxylic acids is 1. The first-order valence-electron chi connectivity index (χ1n) is 4.92. The van der Waals surface area contributed by atoms with Crippen molar-refractivity contribution in [3.05, 3.63) is 35.6 Å². The summed E-state index contributed by atoms with van der Waals surface area (Å²) < 4.78 is 5.30. The van der Waals surface area contributed by atoms with Crippen LogP contribution in [0.5, 0.6) is 5.75 Å². The molecule has 18 heavy (non-hydrogen) atoms. The lowest BCUT2D eigenvalue weighted by atomic mass is 10.1. The van der Waals surface area contributed by atoms with E-state index < -0.39 is 5.97 Å². The quantitative estimate of drug-likeness (QED) is 0.585. The van der Waals surface area contributed by atoms with Crippen molar-refractivity contribution in [2.24, 2.45) is 0 Å². The molecule has 1 aromatic heterocycles. The highest BCUT2D eigenvalue weighted by Gasteiger charge is 2.17. The second-order valence-corrected chi connectivity index (χ2v) is 3.63. The van der Waals surface area contributed by atoms with E-state index in [1.807, 2.05) is 0 Å². The van der Waals surface area contributed by atoms with Crippen LogP contribution in [0.2, 0.25) is 0 Å². The molecule has 0 unspecified atom stereocenters. The molecule has 0 radical (unpaired) electrons. The molecule has 4 N–H and O–H groups in total. The topological polar surface area (TPSA) is 96.7 Å². The number of phenols is 1. The van der Waals surface area contributed by atoms with Crippen LogP contribution in [0.3, 0.4) is 0 Å². The van der Waals surface area contributed by atoms with Gasteiger partial charge in [0.2, 0.25) is 0 Å². The van der Waals surface area contributed by atoms with Crippen LogP contribution in [0, 0.1) is 6.92 Å². The molecule has 0 saturated heterocycles. The van der Waals surface area contributed by atoms with Crippen molar-refractivity contribution in [3.8, 4) is 17.1 Å². The summed E-state index contributed by atoms with van der Waals surface area (Å²) in [5.74, 6) is -0.613. The van der Waals surface area contributed by atoms with E-state index in [0.717, 1.165) is 0 Å². The van der Waals surface area contributed by atoms with Crippen molar-refractivity contribution in [1.29, 1.82) is 0 Å². The van der Waals surface area contributed by atoms with Gasteiger partial charge in [-0.15, -0.1) is 17.0 Å². The smallest absolute Gasteiger partial charge is 0.339 e. The molecule has 0 bridgehead atoms. The molecule has 0 aliphatic rings. The Labute approximate surface area is 114 Å². The SMILES string of the molecule is Br.Cc1oc(-c2cccc(N)c2O)cc1C(=O)O. The molecule has 6 heteroatoms. The van der Waals surface area contributed by atoms with Crippen LogP contribution in [0.15, 0.2) is 28.7 Å². The number of carboxylic acid groups (broad SMARTS) is 1. The average Bonchev–Trinajstić information content (AvgIpc) is 2.64. The number of rotatable bonds is 2. The molecule has 1 aromatic carbocycles. The molecule has 0 saturated carbocycles. The summed E-state index contributed by atoms with van der Waals surface area (Å²) in [6.45, 7) is 1.55. The van der Waals surface area contributed by atoms with Gasteiger partial charge in [-0.25, -0.2) is 4.79 Å². The number of benzene rings is 1. The monoisotopic (exact) mass is 313 g/mol. The van der Waals surface area contributed by atoms with Crippen LogP contribution >= 0.6 is 17.0 Å². The number of aryl methyl sites for hydroxylation is 1. The molecular formula is C12H12BrNO4. The highest BCUT2D eigenvalue weighted by Crippen LogP contribution is 2.35. The highest BCUT2D eigenvalue weighted by atomic mass is 79.9. The van der Waals surface area contributed by atoms with Crippen LogP contribution in [0.4, 0.5) is 5.69 Å². The normalized spacial score (nSPS) is 9.83. The Balaban J connectivity index is 0.00000162. The number of phenolic OH excluding ortho intramolecular Hbond substituents is 1. The van der Waals surface area contributed by atoms with Crippen LogP contribution in [0.25, 0.3) is 11.3 Å². The van der Waals surface area contributed by atoms with E-state index in [9.17, 15) is 9.90 Å². The van der Waals surface area contributed by atoms with Crippen LogP contribution < -0.4 is 5.73 Å². The number of hydrogen-bond donors (Lipinski definition) is 3. The van der Waals surface area contributed by atoms with Gasteiger partial charge in [0, 0.05) is 0 Å². The van der Waals surface area contributed by atoms with Gasteiger partial charge < -0.3 is 20.4 Å². The molecule has 0 aliphatic carbocycles. The van der Waals surface area contributed by atoms with Crippen LogP contribution in [0.1, 0.15) is 16.1 Å². The summed E-state index contributed by atoms with van der Waals surface area (Å²) in [7, 11) is 0. The number of furan rings is 1. The number of halogens is 1. The average molecular weight is 314 g/mol. The summed E-state index contributed by atoms with van der Waals surface area (Å²) in [6, 6.07) is 6.18. The number of carbonyl (C=O) groups is 1. The highest BCUT2D eigenvalue weighted by molar-refractivity contribution is 8.93. The summed E-state index contributed by atoms with van der Waals surface area (Å²) >= 11 is 0. The van der Waals surface area contributed by atoms with Gasteiger partial charge in [0.05, 0.1) is 11.3 Å². The third-order valence-electron chi connectivity index (χ3n) is 2.48. The molecule has 0 amide bonds. The van der Waals surface area contributed by atoms with E-state index in [1.54, 1.807) is 25.1 Å². The molecular weight excluding hydrogens is 302 g/mol. The minimum Gasteiger partial charge on any atom is -0.505 e. The molecule has 2 aromatic rings. The Kier molecular flexibility index (Phi) is 4.03. The number of nitrogen functional groups attached to an aromatic ring is 1. The first kappa shape index (κ1) is 14.1. The van der Waals surface area contributed by atoms with Crippen LogP contribution in [-0.4, -0.2) is 16.2 Å². The fourth-order valence-electron chi connectivity index (χ4n) is 1.59. The lowest BCUT2D eigenvalue weighted by Crippen LogP contribution is -1.94. The zero-order chi connectivity index (χ0) is 12.6. The molecule has 0 spiro atoms. The van der Waals surface area contributed by atoms with Crippen molar-refractivity contribution in [2.75, 3.05) is 5.73 Å². The van der Waals surface area contributed by atoms with Gasteiger partial charge in [0.25, 0.3) is 0 Å². The Morgan fingerprint density at radius 2 is 2.06 bits per heavy atom. The second-order valence-electron chi connectivity index (χ2n) is 3.63. The van der Waals surface area contributed by atoms with Gasteiger partial charge in [-0.1, -0.05) is 6.07 Å². The Hall–Kier alpha value is -1.95. The Morgan fingerprint density at radius 3 is 2.61 bits per heavy atom. The van der Waals surface area contributed by atoms with E-state index in [1.165, 1.54) is 6.07 Å². The van der Waals surface area contributed by atoms with Crippen LogP contribution in [-0.2, 0) is 0 Å². The maximum Gasteiger partial charge on any atom is 0.339 e. The number of anilines is 1. The molecule has 2 rings (SSSR count). The minimum absolute atomic E-state index is 0. The van der Waals surface area contributed by atoms with Gasteiger partial charge in [0.1, 0.15) is 22.8 Å². The molecule has 96 valence electrons. The minimum atomic E-state index is -1.07. The third-order valence-corrected chi connectivity index (χ3v) is 2.48. The zero-order valence-electron chi connectivity index (χ0n) is 9.51. The summed E-state index contributed by atoms with van der Waals surface area (Å²) in [5, 5.41) is 18.7. The van der Waals surface area contributed by atoms with Crippen molar-refractivity contribution in [1.82, 2.24) is 0 Å². The van der Waals surface area contributed by atoms with Crippen molar-refractivity contribution in [2.45, 2.75) is 6.92 Å². The molecule has 0 atom stereocenters. The predicted octanol–water partition coefficient (Wildman–Crippen LogP) is 2.82. The fraction of sp³-hybridized carbons (Fsp3) is 0.0833. The van der Waals surface area contributed by atoms with E-state index in [-0.39, 0.29) is 45.5 Å². The largest absolute Gasteiger partial charge is 0.505 e. The van der Waals surface area contributed by atoms with Crippen molar-refractivity contribution >= 4 is 28.6 Å². The summed E-state index contributed by atoms with van der Waals surface area (Å²) in [6.07, 6.45) is 0. The van der Waals surface area contributed by atoms with E-state index in [2.05, 4.69) is 0 Å². The number of para-hydroxylation sites is 1. The zero-order valence-corrected chi connectivity index (χ0v) is 11.2. The maximum absolute atomic E-state index is 10.9. The second kappa shape index (κ2) is 5.14. The third kappa shape index (κ3) is 2.33. The first-order valence-corrected chi connectivity index (χ1v) is 4.92. The van der Waals surface area contributed by atoms with E-state index in [4.69, 9.17) is 15.3 Å². The lowest BCUT2D eigenvalue weighted by Gasteiger charge is -2.03. The van der Waals surface area contributed by atoms with Gasteiger partial charge in [0.15, 0.2) is 0 Å². The van der Waals surface area contributed by atoms with E-state index >= 15 is 0 Å². The fourth-order valence-corrected chi connectivity index (χ4v) is 1.59. The van der Waals surface area contributed by atoms with Crippen molar-refractivity contribution < 1.29 is 19.4 Å². The van der Waals surface area contributed by atoms with Gasteiger partial charge in [-0.05, 0) is 25.1 Å². The Morgan fingerprint density at radius 1 is 1.39 bits per heavy atom. The molecule has 1 heterocycles. The van der Waals surface area contributed by atoms with Crippen molar-refractivity contribution in [3.63, 3.8) is 0 Å². The molecule has 0 aliphatic heterocycles. The predicted molar refractivity (Wildman–Crippen MR) is 72.2 cm³/mol. The number of nitrogens with two attached hydrogens (primary N) is 1. The number of aromatic carboxylic acids is 1. The number of hydrogen-bond acceptors (Lipinski definition) is 4. The summed E-state index contributed by atoms with van der Waals surface area (Å²) in [5.41, 5.74) is 6.22. The Bertz CT molecular complexity index is 592. The van der Waals surface area contributed by atoms with Gasteiger partial charge in [-0.2, -0.15) is 0 Å².